The Morgan fingerprint density at radius 3 is 2.60 bits per heavy atom. The van der Waals surface area contributed by atoms with Gasteiger partial charge in [0.25, 0.3) is 6.42 Å². The van der Waals surface area contributed by atoms with Gasteiger partial charge < -0.3 is 4.90 Å². The number of hydrogen-bond acceptors (Lipinski definition) is 3. The molecule has 1 aliphatic heterocycles. The molecular weight excluding hydrogens is 193 g/mol. The Labute approximate surface area is 91.9 Å². The molecule has 0 N–H and O–H groups in total. The molecule has 1 aliphatic rings. The lowest BCUT2D eigenvalue weighted by molar-refractivity contribution is 0.00214. The van der Waals surface area contributed by atoms with Gasteiger partial charge in [0.1, 0.15) is 6.34 Å². The van der Waals surface area contributed by atoms with Crippen LogP contribution in [0.1, 0.15) is 40.5 Å². The first kappa shape index (κ1) is 12.3. The van der Waals surface area contributed by atoms with Crippen molar-refractivity contribution in [1.29, 1.82) is 0 Å². The molecule has 0 saturated carbocycles. The van der Waals surface area contributed by atoms with Gasteiger partial charge in [-0.1, -0.05) is 34.1 Å². The summed E-state index contributed by atoms with van der Waals surface area (Å²) >= 11 is 0. The van der Waals surface area contributed by atoms with Gasteiger partial charge in [0.15, 0.2) is 0 Å². The zero-order valence-corrected chi connectivity index (χ0v) is 10.2. The third-order valence-corrected chi connectivity index (χ3v) is 2.27. The highest BCUT2D eigenvalue weighted by molar-refractivity contribution is 5.56. The number of alkyl halides is 1. The van der Waals surface area contributed by atoms with Crippen LogP contribution < -0.4 is 0 Å². The van der Waals surface area contributed by atoms with Gasteiger partial charge in [-0.25, -0.2) is 5.01 Å². The fourth-order valence-electron chi connectivity index (χ4n) is 1.56. The van der Waals surface area contributed by atoms with E-state index in [1.54, 1.807) is 11.2 Å². The Kier molecular flexibility index (Phi) is 3.94. The summed E-state index contributed by atoms with van der Waals surface area (Å²) in [4.78, 5) is 1.66. The number of nitrogens with zero attached hydrogens (tertiary/aromatic N) is 3. The quantitative estimate of drug-likeness (QED) is 0.671. The zero-order valence-electron chi connectivity index (χ0n) is 10.2. The predicted molar refractivity (Wildman–Crippen MR) is 61.2 cm³/mol. The molecule has 0 aromatic carbocycles. The van der Waals surface area contributed by atoms with E-state index in [1.807, 2.05) is 0 Å². The van der Waals surface area contributed by atoms with Gasteiger partial charge in [0.2, 0.25) is 0 Å². The van der Waals surface area contributed by atoms with Crippen molar-refractivity contribution in [2.24, 2.45) is 10.5 Å². The molecule has 0 fully saturated rings. The molecule has 0 aromatic rings. The standard InChI is InChI=1S/C11H22FN3/c1-5-6-7-15-10(12)14(9-13-15)8-11(2,3)4/h9-10H,5-8H2,1-4H3. The van der Waals surface area contributed by atoms with E-state index < -0.39 is 6.42 Å². The molecule has 0 bridgehead atoms. The van der Waals surface area contributed by atoms with E-state index in [9.17, 15) is 4.39 Å². The highest BCUT2D eigenvalue weighted by Crippen LogP contribution is 2.21. The monoisotopic (exact) mass is 215 g/mol. The summed E-state index contributed by atoms with van der Waals surface area (Å²) < 4.78 is 13.8. The SMILES string of the molecule is CCCCN1N=CN(CC(C)(C)C)C1F. The summed E-state index contributed by atoms with van der Waals surface area (Å²) in [5.74, 6) is 0. The minimum atomic E-state index is -1.07. The van der Waals surface area contributed by atoms with Gasteiger partial charge >= 0.3 is 0 Å². The summed E-state index contributed by atoms with van der Waals surface area (Å²) in [7, 11) is 0. The molecule has 0 amide bonds. The van der Waals surface area contributed by atoms with Crippen LogP contribution in [0.25, 0.3) is 0 Å². The van der Waals surface area contributed by atoms with E-state index in [0.717, 1.165) is 12.8 Å². The molecule has 0 spiro atoms. The average molecular weight is 215 g/mol. The van der Waals surface area contributed by atoms with Crippen LogP contribution >= 0.6 is 0 Å². The highest BCUT2D eigenvalue weighted by atomic mass is 19.1. The molecule has 1 heterocycles. The first-order valence-corrected chi connectivity index (χ1v) is 5.64. The molecule has 0 aliphatic carbocycles. The lowest BCUT2D eigenvalue weighted by Gasteiger charge is -2.29. The smallest absolute Gasteiger partial charge is 0.265 e. The summed E-state index contributed by atoms with van der Waals surface area (Å²) in [6.45, 7) is 9.79. The Morgan fingerprint density at radius 1 is 1.40 bits per heavy atom. The number of hydrogen-bond donors (Lipinski definition) is 0. The van der Waals surface area contributed by atoms with Gasteiger partial charge in [-0.2, -0.15) is 9.49 Å². The summed E-state index contributed by atoms with van der Waals surface area (Å²) in [5, 5.41) is 5.60. The minimum absolute atomic E-state index is 0.0944. The van der Waals surface area contributed by atoms with Crippen LogP contribution in [0, 0.1) is 5.41 Å². The molecule has 0 radical (unpaired) electrons. The number of hydrazone groups is 1. The van der Waals surface area contributed by atoms with Crippen molar-refractivity contribution in [2.45, 2.75) is 47.0 Å². The van der Waals surface area contributed by atoms with Crippen LogP contribution in [-0.4, -0.2) is 35.8 Å². The fraction of sp³-hybridized carbons (Fsp3) is 0.909. The average Bonchev–Trinajstić information content (AvgIpc) is 2.43. The molecule has 0 saturated heterocycles. The van der Waals surface area contributed by atoms with Crippen molar-refractivity contribution in [3.8, 4) is 0 Å². The molecule has 1 rings (SSSR count). The lowest BCUT2D eigenvalue weighted by atomic mass is 9.96. The fourth-order valence-corrected chi connectivity index (χ4v) is 1.56. The molecule has 1 unspecified atom stereocenters. The van der Waals surface area contributed by atoms with E-state index in [1.165, 1.54) is 5.01 Å². The van der Waals surface area contributed by atoms with E-state index in [0.29, 0.717) is 13.1 Å². The largest absolute Gasteiger partial charge is 0.313 e. The van der Waals surface area contributed by atoms with Gasteiger partial charge in [-0.3, -0.25) is 0 Å². The Bertz CT molecular complexity index is 222. The van der Waals surface area contributed by atoms with Gasteiger partial charge in [0, 0.05) is 13.1 Å². The molecule has 0 aromatic heterocycles. The van der Waals surface area contributed by atoms with Crippen molar-refractivity contribution >= 4 is 6.34 Å². The predicted octanol–water partition coefficient (Wildman–Crippen LogP) is 2.65. The van der Waals surface area contributed by atoms with Crippen LogP contribution in [-0.2, 0) is 0 Å². The number of rotatable bonds is 4. The Balaban J connectivity index is 2.43. The van der Waals surface area contributed by atoms with Crippen LogP contribution in [0.2, 0.25) is 0 Å². The summed E-state index contributed by atoms with van der Waals surface area (Å²) in [5.41, 5.74) is 0.0944. The van der Waals surface area contributed by atoms with Gasteiger partial charge in [0.05, 0.1) is 0 Å². The van der Waals surface area contributed by atoms with Gasteiger partial charge in [-0.15, -0.1) is 0 Å². The maximum Gasteiger partial charge on any atom is 0.265 e. The Hall–Kier alpha value is -0.800. The third kappa shape index (κ3) is 3.68. The maximum absolute atomic E-state index is 13.8. The molecule has 15 heavy (non-hydrogen) atoms. The normalized spacial score (nSPS) is 21.5. The summed E-state index contributed by atoms with van der Waals surface area (Å²) in [6.07, 6.45) is 2.60. The zero-order chi connectivity index (χ0) is 11.5. The molecule has 1 atom stereocenters. The topological polar surface area (TPSA) is 18.8 Å². The third-order valence-electron chi connectivity index (χ3n) is 2.27. The highest BCUT2D eigenvalue weighted by Gasteiger charge is 2.29. The lowest BCUT2D eigenvalue weighted by Crippen LogP contribution is -2.40. The van der Waals surface area contributed by atoms with Crippen LogP contribution in [0.15, 0.2) is 5.10 Å². The van der Waals surface area contributed by atoms with Crippen molar-refractivity contribution in [3.05, 3.63) is 0 Å². The van der Waals surface area contributed by atoms with Gasteiger partial charge in [-0.05, 0) is 11.8 Å². The van der Waals surface area contributed by atoms with E-state index in [4.69, 9.17) is 0 Å². The molecule has 88 valence electrons. The second-order valence-electron chi connectivity index (χ2n) is 5.29. The van der Waals surface area contributed by atoms with Crippen LogP contribution in [0.3, 0.4) is 0 Å². The second-order valence-corrected chi connectivity index (χ2v) is 5.29. The van der Waals surface area contributed by atoms with Crippen molar-refractivity contribution in [3.63, 3.8) is 0 Å². The first-order valence-electron chi connectivity index (χ1n) is 5.64. The van der Waals surface area contributed by atoms with E-state index in [2.05, 4.69) is 32.8 Å². The van der Waals surface area contributed by atoms with Crippen molar-refractivity contribution in [1.82, 2.24) is 9.91 Å². The number of halogens is 1. The van der Waals surface area contributed by atoms with Crippen molar-refractivity contribution < 1.29 is 4.39 Å². The summed E-state index contributed by atoms with van der Waals surface area (Å²) in [6, 6.07) is 0. The molecular formula is C11H22FN3. The number of unbranched alkanes of at least 4 members (excludes halogenated alkanes) is 1. The van der Waals surface area contributed by atoms with Crippen molar-refractivity contribution in [2.75, 3.05) is 13.1 Å². The van der Waals surface area contributed by atoms with Crippen LogP contribution in [0.4, 0.5) is 4.39 Å². The second kappa shape index (κ2) is 4.81. The minimum Gasteiger partial charge on any atom is -0.313 e. The molecule has 4 heteroatoms. The van der Waals surface area contributed by atoms with E-state index in [-0.39, 0.29) is 5.41 Å². The first-order chi connectivity index (χ1) is 6.94. The Morgan fingerprint density at radius 2 is 2.07 bits per heavy atom. The maximum atomic E-state index is 13.8. The molecule has 3 nitrogen and oxygen atoms in total. The van der Waals surface area contributed by atoms with Crippen LogP contribution in [0.5, 0.6) is 0 Å². The van der Waals surface area contributed by atoms with E-state index >= 15 is 0 Å².